The lowest BCUT2D eigenvalue weighted by atomic mass is 9.72. The van der Waals surface area contributed by atoms with Crippen LogP contribution in [0.1, 0.15) is 57.2 Å². The lowest BCUT2D eigenvalue weighted by Crippen LogP contribution is -2.73. The minimum absolute atomic E-state index is 0.208. The third-order valence-corrected chi connectivity index (χ3v) is 6.29. The first-order chi connectivity index (χ1) is 15.4. The van der Waals surface area contributed by atoms with Gasteiger partial charge in [0.1, 0.15) is 11.2 Å². The van der Waals surface area contributed by atoms with E-state index in [-0.39, 0.29) is 18.4 Å². The van der Waals surface area contributed by atoms with Gasteiger partial charge in [-0.15, -0.1) is 0 Å². The molecule has 1 heterocycles. The quantitative estimate of drug-likeness (QED) is 0.561. The number of nitrogens with one attached hydrogen (secondary N) is 1. The van der Waals surface area contributed by atoms with E-state index >= 15 is 0 Å². The van der Waals surface area contributed by atoms with Crippen molar-refractivity contribution in [2.45, 2.75) is 58.7 Å². The van der Waals surface area contributed by atoms with E-state index < -0.39 is 23.6 Å². The van der Waals surface area contributed by atoms with Crippen LogP contribution in [0.15, 0.2) is 54.6 Å². The van der Waals surface area contributed by atoms with Crippen molar-refractivity contribution in [3.05, 3.63) is 65.7 Å². The number of nitrogens with zero attached hydrogens (tertiary/aromatic N) is 1. The molecule has 0 bridgehead atoms. The molecule has 0 saturated carbocycles. The molecule has 1 aliphatic heterocycles. The number of aliphatic carboxylic acids is 1. The van der Waals surface area contributed by atoms with Crippen molar-refractivity contribution in [3.8, 4) is 5.75 Å². The highest BCUT2D eigenvalue weighted by atomic mass is 16.5. The highest BCUT2D eigenvalue weighted by Gasteiger charge is 2.63. The number of benzene rings is 2. The Morgan fingerprint density at radius 3 is 2.28 bits per heavy atom. The number of carbonyl (C=O) groups is 3. The second-order valence-electron chi connectivity index (χ2n) is 8.01. The number of rotatable bonds is 9. The smallest absolute Gasteiger partial charge is 0.327 e. The van der Waals surface area contributed by atoms with E-state index in [0.29, 0.717) is 30.6 Å². The van der Waals surface area contributed by atoms with Crippen LogP contribution in [0.2, 0.25) is 0 Å². The lowest BCUT2D eigenvalue weighted by molar-refractivity contribution is -0.191. The number of carbonyl (C=O) groups excluding carboxylic acids is 2. The number of hydrogen-bond acceptors (Lipinski definition) is 4. The van der Waals surface area contributed by atoms with E-state index in [1.807, 2.05) is 51.1 Å². The van der Waals surface area contributed by atoms with Gasteiger partial charge in [-0.2, -0.15) is 0 Å². The Labute approximate surface area is 188 Å². The van der Waals surface area contributed by atoms with Gasteiger partial charge in [0.05, 0.1) is 12.5 Å². The van der Waals surface area contributed by atoms with Crippen molar-refractivity contribution in [1.82, 2.24) is 10.2 Å². The molecule has 0 radical (unpaired) electrons. The van der Waals surface area contributed by atoms with Crippen LogP contribution >= 0.6 is 0 Å². The van der Waals surface area contributed by atoms with E-state index in [1.54, 1.807) is 24.3 Å². The molecule has 2 N–H and O–H groups in total. The molecule has 0 unspecified atom stereocenters. The van der Waals surface area contributed by atoms with Gasteiger partial charge in [-0.1, -0.05) is 69.3 Å². The molecule has 3 rings (SSSR count). The molecule has 1 aliphatic rings. The molecule has 32 heavy (non-hydrogen) atoms. The van der Waals surface area contributed by atoms with Crippen molar-refractivity contribution in [2.24, 2.45) is 5.41 Å². The van der Waals surface area contributed by atoms with Gasteiger partial charge < -0.3 is 15.2 Å². The van der Waals surface area contributed by atoms with Gasteiger partial charge in [-0.25, -0.2) is 9.69 Å². The second-order valence-corrected chi connectivity index (χ2v) is 8.01. The molecule has 170 valence electrons. The Morgan fingerprint density at radius 2 is 1.69 bits per heavy atom. The zero-order chi connectivity index (χ0) is 23.3. The Kier molecular flexibility index (Phi) is 7.18. The fraction of sp³-hybridized carbons (Fsp3) is 0.400. The van der Waals surface area contributed by atoms with Gasteiger partial charge in [0.15, 0.2) is 6.23 Å². The molecule has 7 heteroatoms. The van der Waals surface area contributed by atoms with Gasteiger partial charge >= 0.3 is 12.0 Å². The molecule has 0 spiro atoms. The third kappa shape index (κ3) is 4.33. The molecule has 2 atom stereocenters. The number of imide groups is 1. The van der Waals surface area contributed by atoms with E-state index in [0.717, 1.165) is 10.5 Å². The Bertz CT molecular complexity index is 971. The van der Waals surface area contributed by atoms with Crippen molar-refractivity contribution in [2.75, 3.05) is 0 Å². The summed E-state index contributed by atoms with van der Waals surface area (Å²) in [6, 6.07) is 15.7. The summed E-state index contributed by atoms with van der Waals surface area (Å²) in [5.41, 5.74) is 0.622. The summed E-state index contributed by atoms with van der Waals surface area (Å²) in [4.78, 5) is 38.7. The number of amides is 3. The summed E-state index contributed by atoms with van der Waals surface area (Å²) in [5, 5.41) is 12.2. The third-order valence-electron chi connectivity index (χ3n) is 6.29. The summed E-state index contributed by atoms with van der Waals surface area (Å²) < 4.78 is 6.19. The predicted octanol–water partition coefficient (Wildman–Crippen LogP) is 4.53. The maximum atomic E-state index is 13.2. The number of likely N-dealkylation sites (tertiary alicyclic amines) is 1. The van der Waals surface area contributed by atoms with Gasteiger partial charge in [-0.05, 0) is 30.9 Å². The van der Waals surface area contributed by atoms with Crippen molar-refractivity contribution >= 4 is 17.9 Å². The molecular formula is C25H30N2O5. The van der Waals surface area contributed by atoms with Crippen LogP contribution in [-0.2, 0) is 16.0 Å². The average molecular weight is 439 g/mol. The summed E-state index contributed by atoms with van der Waals surface area (Å²) in [5.74, 6) is -0.888. The molecular weight excluding hydrogens is 408 g/mol. The fourth-order valence-electron chi connectivity index (χ4n) is 4.27. The maximum Gasteiger partial charge on any atom is 0.327 e. The molecule has 2 aromatic rings. The minimum Gasteiger partial charge on any atom is -0.481 e. The summed E-state index contributed by atoms with van der Waals surface area (Å²) >= 11 is 0. The topological polar surface area (TPSA) is 95.9 Å². The number of hydrogen-bond donors (Lipinski definition) is 2. The van der Waals surface area contributed by atoms with E-state index in [4.69, 9.17) is 4.74 Å². The normalized spacial score (nSPS) is 17.9. The largest absolute Gasteiger partial charge is 0.481 e. The fourth-order valence-corrected chi connectivity index (χ4v) is 4.27. The van der Waals surface area contributed by atoms with Gasteiger partial charge in [0.2, 0.25) is 5.91 Å². The van der Waals surface area contributed by atoms with Crippen molar-refractivity contribution in [3.63, 3.8) is 0 Å². The molecule has 0 aromatic heterocycles. The first-order valence-corrected chi connectivity index (χ1v) is 11.0. The number of β-lactam (4-membered cyclic amide) rings is 1. The number of carboxylic acid groups (broad SMARTS) is 1. The molecule has 1 fully saturated rings. The average Bonchev–Trinajstić information content (AvgIpc) is 2.79. The molecule has 7 nitrogen and oxygen atoms in total. The van der Waals surface area contributed by atoms with Crippen molar-refractivity contribution < 1.29 is 24.2 Å². The highest BCUT2D eigenvalue weighted by molar-refractivity contribution is 6.03. The van der Waals surface area contributed by atoms with Crippen molar-refractivity contribution in [1.29, 1.82) is 0 Å². The predicted molar refractivity (Wildman–Crippen MR) is 120 cm³/mol. The number of para-hydroxylation sites is 1. The van der Waals surface area contributed by atoms with E-state index in [2.05, 4.69) is 5.32 Å². The summed E-state index contributed by atoms with van der Waals surface area (Å²) in [7, 11) is 0. The van der Waals surface area contributed by atoms with Crippen LogP contribution in [-0.4, -0.2) is 34.1 Å². The monoisotopic (exact) mass is 438 g/mol. The molecule has 0 aliphatic carbocycles. The van der Waals surface area contributed by atoms with E-state index in [1.165, 1.54) is 0 Å². The molecule has 2 aromatic carbocycles. The number of carboxylic acids is 1. The first kappa shape index (κ1) is 23.3. The lowest BCUT2D eigenvalue weighted by Gasteiger charge is -2.53. The van der Waals surface area contributed by atoms with Crippen LogP contribution < -0.4 is 10.1 Å². The Hall–Kier alpha value is -3.35. The maximum absolute atomic E-state index is 13.2. The molecule has 3 amide bonds. The standard InChI is InChI=1S/C25H30N2O5/c1-4-19(17-12-8-7-9-13-17)26-24(31)27-22(30)25(5-2,6-3)23(27)32-20-15-11-10-14-18(20)16-21(28)29/h7-15,19,23H,4-6,16H2,1-3H3,(H,26,31)(H,28,29)/t19-,23+/m1/s1. The molecule has 1 saturated heterocycles. The van der Waals surface area contributed by atoms with Gasteiger partial charge in [0, 0.05) is 5.56 Å². The Morgan fingerprint density at radius 1 is 1.06 bits per heavy atom. The number of urea groups is 1. The van der Waals surface area contributed by atoms with Crippen LogP contribution in [0.3, 0.4) is 0 Å². The van der Waals surface area contributed by atoms with Gasteiger partial charge in [0.25, 0.3) is 0 Å². The zero-order valence-corrected chi connectivity index (χ0v) is 18.7. The summed E-state index contributed by atoms with van der Waals surface area (Å²) in [6.07, 6.45) is 0.660. The van der Waals surface area contributed by atoms with Gasteiger partial charge in [-0.3, -0.25) is 9.59 Å². The van der Waals surface area contributed by atoms with Crippen LogP contribution in [0.25, 0.3) is 0 Å². The minimum atomic E-state index is -0.980. The summed E-state index contributed by atoms with van der Waals surface area (Å²) in [6.45, 7) is 5.76. The van der Waals surface area contributed by atoms with E-state index in [9.17, 15) is 19.5 Å². The first-order valence-electron chi connectivity index (χ1n) is 11.0. The Balaban J connectivity index is 1.87. The van der Waals surface area contributed by atoms with Crippen LogP contribution in [0.4, 0.5) is 4.79 Å². The van der Waals surface area contributed by atoms with Crippen LogP contribution in [0, 0.1) is 5.41 Å². The SMILES string of the molecule is CC[C@@H](NC(=O)N1C(=O)C(CC)(CC)[C@@H]1Oc1ccccc1CC(=O)O)c1ccccc1. The second kappa shape index (κ2) is 9.85. The number of ether oxygens (including phenoxy) is 1. The van der Waals surface area contributed by atoms with Crippen LogP contribution in [0.5, 0.6) is 5.75 Å². The highest BCUT2D eigenvalue weighted by Crippen LogP contribution is 2.46. The zero-order valence-electron chi connectivity index (χ0n) is 18.7.